The number of aromatic nitrogens is 2. The van der Waals surface area contributed by atoms with Gasteiger partial charge in [0.2, 0.25) is 0 Å². The predicted octanol–water partition coefficient (Wildman–Crippen LogP) is 3.38. The Morgan fingerprint density at radius 2 is 1.85 bits per heavy atom. The van der Waals surface area contributed by atoms with Gasteiger partial charge in [-0.05, 0) is 36.9 Å². The molecular weight excluding hydrogens is 266 g/mol. The van der Waals surface area contributed by atoms with Gasteiger partial charge in [0, 0.05) is 13.0 Å². The second-order valence-electron chi connectivity index (χ2n) is 5.54. The summed E-state index contributed by atoms with van der Waals surface area (Å²) in [6, 6.07) is 8.55. The highest BCUT2D eigenvalue weighted by molar-refractivity contribution is 7.11. The molecule has 0 unspecified atom stereocenters. The molecule has 0 saturated carbocycles. The van der Waals surface area contributed by atoms with Crippen molar-refractivity contribution in [2.45, 2.75) is 40.2 Å². The third-order valence-electron chi connectivity index (χ3n) is 3.21. The first-order chi connectivity index (χ1) is 9.65. The number of nitrogens with zero attached hydrogens (tertiary/aromatic N) is 2. The highest BCUT2D eigenvalue weighted by Gasteiger charge is 2.05. The maximum absolute atomic E-state index is 4.29. The fraction of sp³-hybridized carbons (Fsp3) is 0.500. The number of hydrogen-bond donors (Lipinski definition) is 1. The molecule has 0 aliphatic rings. The molecule has 0 aliphatic carbocycles. The Labute approximate surface area is 125 Å². The Hall–Kier alpha value is -1.26. The van der Waals surface area contributed by atoms with E-state index in [1.54, 1.807) is 11.3 Å². The summed E-state index contributed by atoms with van der Waals surface area (Å²) in [4.78, 5) is 0. The second-order valence-corrected chi connectivity index (χ2v) is 6.69. The van der Waals surface area contributed by atoms with Crippen LogP contribution in [-0.2, 0) is 19.4 Å². The highest BCUT2D eigenvalue weighted by atomic mass is 32.1. The van der Waals surface area contributed by atoms with Gasteiger partial charge in [0.15, 0.2) is 0 Å². The number of nitrogens with one attached hydrogen (secondary N) is 1. The van der Waals surface area contributed by atoms with E-state index >= 15 is 0 Å². The molecule has 0 fully saturated rings. The van der Waals surface area contributed by atoms with Crippen LogP contribution >= 0.6 is 11.3 Å². The number of aryl methyl sites for hydroxylation is 3. The van der Waals surface area contributed by atoms with Crippen LogP contribution < -0.4 is 5.32 Å². The third kappa shape index (κ3) is 4.69. The topological polar surface area (TPSA) is 37.8 Å². The molecule has 2 rings (SSSR count). The summed E-state index contributed by atoms with van der Waals surface area (Å²) in [6.45, 7) is 8.44. The Balaban J connectivity index is 1.82. The van der Waals surface area contributed by atoms with E-state index in [1.165, 1.54) is 11.1 Å². The van der Waals surface area contributed by atoms with Crippen molar-refractivity contribution in [2.24, 2.45) is 5.92 Å². The minimum Gasteiger partial charge on any atom is -0.310 e. The van der Waals surface area contributed by atoms with Crippen LogP contribution in [0.4, 0.5) is 0 Å². The van der Waals surface area contributed by atoms with Gasteiger partial charge in [-0.15, -0.1) is 21.5 Å². The summed E-state index contributed by atoms with van der Waals surface area (Å²) in [5, 5.41) is 14.2. The zero-order chi connectivity index (χ0) is 14.4. The van der Waals surface area contributed by atoms with Crippen molar-refractivity contribution >= 4 is 11.3 Å². The predicted molar refractivity (Wildman–Crippen MR) is 85.0 cm³/mol. The van der Waals surface area contributed by atoms with Crippen molar-refractivity contribution in [2.75, 3.05) is 6.54 Å². The third-order valence-corrected chi connectivity index (χ3v) is 4.19. The normalized spacial score (nSPS) is 11.2. The molecule has 0 saturated heterocycles. The lowest BCUT2D eigenvalue weighted by Gasteiger charge is -2.04. The van der Waals surface area contributed by atoms with Crippen molar-refractivity contribution in [1.82, 2.24) is 15.5 Å². The first kappa shape index (κ1) is 15.1. The molecule has 1 heterocycles. The van der Waals surface area contributed by atoms with Crippen LogP contribution in [0.2, 0.25) is 0 Å². The van der Waals surface area contributed by atoms with Crippen LogP contribution in [0.3, 0.4) is 0 Å². The summed E-state index contributed by atoms with van der Waals surface area (Å²) in [5.41, 5.74) is 2.76. The van der Waals surface area contributed by atoms with Gasteiger partial charge in [-0.2, -0.15) is 0 Å². The van der Waals surface area contributed by atoms with Crippen molar-refractivity contribution < 1.29 is 0 Å². The maximum Gasteiger partial charge on any atom is 0.131 e. The van der Waals surface area contributed by atoms with Gasteiger partial charge < -0.3 is 5.32 Å². The van der Waals surface area contributed by atoms with Crippen LogP contribution in [0.1, 0.15) is 35.0 Å². The molecule has 4 heteroatoms. The van der Waals surface area contributed by atoms with E-state index in [2.05, 4.69) is 60.6 Å². The van der Waals surface area contributed by atoms with Gasteiger partial charge in [-0.3, -0.25) is 0 Å². The first-order valence-corrected chi connectivity index (χ1v) is 8.03. The highest BCUT2D eigenvalue weighted by Crippen LogP contribution is 2.15. The lowest BCUT2D eigenvalue weighted by molar-refractivity contribution is 0.550. The van der Waals surface area contributed by atoms with Gasteiger partial charge in [0.1, 0.15) is 10.0 Å². The Morgan fingerprint density at radius 3 is 2.60 bits per heavy atom. The van der Waals surface area contributed by atoms with Gasteiger partial charge in [-0.25, -0.2) is 0 Å². The molecule has 0 atom stereocenters. The molecule has 0 spiro atoms. The van der Waals surface area contributed by atoms with E-state index < -0.39 is 0 Å². The molecule has 1 aromatic heterocycles. The minimum absolute atomic E-state index is 0.670. The largest absolute Gasteiger partial charge is 0.310 e. The standard InChI is InChI=1S/C16H23N3S/c1-12(2)10-17-11-16-19-18-15(20-16)9-8-14-7-5-4-6-13(14)3/h4-7,12,17H,8-11H2,1-3H3. The van der Waals surface area contributed by atoms with Gasteiger partial charge in [-0.1, -0.05) is 38.1 Å². The maximum atomic E-state index is 4.29. The van der Waals surface area contributed by atoms with E-state index in [0.717, 1.165) is 35.9 Å². The van der Waals surface area contributed by atoms with Crippen LogP contribution in [0, 0.1) is 12.8 Å². The molecule has 20 heavy (non-hydrogen) atoms. The van der Waals surface area contributed by atoms with Crippen LogP contribution in [-0.4, -0.2) is 16.7 Å². The minimum atomic E-state index is 0.670. The van der Waals surface area contributed by atoms with Crippen molar-refractivity contribution in [3.05, 3.63) is 45.4 Å². The van der Waals surface area contributed by atoms with Crippen LogP contribution in [0.5, 0.6) is 0 Å². The molecular formula is C16H23N3S. The van der Waals surface area contributed by atoms with Crippen LogP contribution in [0.25, 0.3) is 0 Å². The zero-order valence-corrected chi connectivity index (χ0v) is 13.3. The monoisotopic (exact) mass is 289 g/mol. The first-order valence-electron chi connectivity index (χ1n) is 7.21. The van der Waals surface area contributed by atoms with E-state index in [0.29, 0.717) is 5.92 Å². The smallest absolute Gasteiger partial charge is 0.131 e. The molecule has 0 aliphatic heterocycles. The van der Waals surface area contributed by atoms with E-state index in [-0.39, 0.29) is 0 Å². The number of hydrogen-bond acceptors (Lipinski definition) is 4. The average molecular weight is 289 g/mol. The molecule has 1 N–H and O–H groups in total. The fourth-order valence-corrected chi connectivity index (χ4v) is 2.87. The molecule has 2 aromatic rings. The SMILES string of the molecule is Cc1ccccc1CCc1nnc(CNCC(C)C)s1. The van der Waals surface area contributed by atoms with Crippen molar-refractivity contribution in [3.63, 3.8) is 0 Å². The Bertz CT molecular complexity index is 534. The Kier molecular flexibility index (Phi) is 5.68. The summed E-state index contributed by atoms with van der Waals surface area (Å²) < 4.78 is 0. The van der Waals surface area contributed by atoms with E-state index in [1.807, 2.05) is 0 Å². The number of benzene rings is 1. The fourth-order valence-electron chi connectivity index (χ4n) is 2.06. The molecule has 3 nitrogen and oxygen atoms in total. The van der Waals surface area contributed by atoms with Gasteiger partial charge >= 0.3 is 0 Å². The molecule has 1 aromatic carbocycles. The van der Waals surface area contributed by atoms with E-state index in [9.17, 15) is 0 Å². The van der Waals surface area contributed by atoms with Crippen molar-refractivity contribution in [1.29, 1.82) is 0 Å². The average Bonchev–Trinajstić information content (AvgIpc) is 2.85. The Morgan fingerprint density at radius 1 is 1.10 bits per heavy atom. The summed E-state index contributed by atoms with van der Waals surface area (Å²) in [5.74, 6) is 0.670. The molecule has 0 amide bonds. The lowest BCUT2D eigenvalue weighted by Crippen LogP contribution is -2.18. The summed E-state index contributed by atoms with van der Waals surface area (Å²) in [7, 11) is 0. The molecule has 0 bridgehead atoms. The molecule has 108 valence electrons. The van der Waals surface area contributed by atoms with Crippen LogP contribution in [0.15, 0.2) is 24.3 Å². The zero-order valence-electron chi connectivity index (χ0n) is 12.5. The molecule has 0 radical (unpaired) electrons. The second kappa shape index (κ2) is 7.50. The van der Waals surface area contributed by atoms with E-state index in [4.69, 9.17) is 0 Å². The lowest BCUT2D eigenvalue weighted by atomic mass is 10.0. The number of rotatable bonds is 7. The van der Waals surface area contributed by atoms with Gasteiger partial charge in [0.05, 0.1) is 0 Å². The summed E-state index contributed by atoms with van der Waals surface area (Å²) >= 11 is 1.72. The summed E-state index contributed by atoms with van der Waals surface area (Å²) in [6.07, 6.45) is 2.02. The van der Waals surface area contributed by atoms with Crippen molar-refractivity contribution in [3.8, 4) is 0 Å². The quantitative estimate of drug-likeness (QED) is 0.849. The van der Waals surface area contributed by atoms with Gasteiger partial charge in [0.25, 0.3) is 0 Å².